The third-order valence-electron chi connectivity index (χ3n) is 3.44. The minimum Gasteiger partial charge on any atom is -0.459 e. The Balaban J connectivity index is 1.66. The van der Waals surface area contributed by atoms with Gasteiger partial charge in [0, 0.05) is 22.5 Å². The molecule has 5 nitrogen and oxygen atoms in total. The van der Waals surface area contributed by atoms with Gasteiger partial charge in [0.2, 0.25) is 0 Å². The number of carbonyl (C=O) groups excluding carboxylic acids is 2. The van der Waals surface area contributed by atoms with E-state index in [0.29, 0.717) is 22.5 Å². The van der Waals surface area contributed by atoms with Crippen molar-refractivity contribution in [2.24, 2.45) is 0 Å². The van der Waals surface area contributed by atoms with Crippen molar-refractivity contribution in [3.63, 3.8) is 0 Å². The summed E-state index contributed by atoms with van der Waals surface area (Å²) in [6, 6.07) is 16.8. The lowest BCUT2D eigenvalue weighted by molar-refractivity contribution is 0.0995. The Morgan fingerprint density at radius 1 is 0.880 bits per heavy atom. The number of terminal acetylenes is 1. The van der Waals surface area contributed by atoms with Gasteiger partial charge >= 0.3 is 0 Å². The summed E-state index contributed by atoms with van der Waals surface area (Å²) in [5, 5.41) is 5.47. The van der Waals surface area contributed by atoms with Crippen LogP contribution in [0.3, 0.4) is 0 Å². The van der Waals surface area contributed by atoms with Gasteiger partial charge in [-0.05, 0) is 54.6 Å². The molecule has 0 spiro atoms. The Labute approximate surface area is 144 Å². The molecule has 2 amide bonds. The fraction of sp³-hybridized carbons (Fsp3) is 0. The van der Waals surface area contributed by atoms with Gasteiger partial charge < -0.3 is 15.1 Å². The molecule has 3 rings (SSSR count). The highest BCUT2D eigenvalue weighted by molar-refractivity contribution is 6.05. The molecule has 0 saturated heterocycles. The van der Waals surface area contributed by atoms with Crippen LogP contribution in [0.25, 0.3) is 0 Å². The summed E-state index contributed by atoms with van der Waals surface area (Å²) in [7, 11) is 0. The third kappa shape index (κ3) is 3.95. The first kappa shape index (κ1) is 16.1. The normalized spacial score (nSPS) is 9.88. The van der Waals surface area contributed by atoms with E-state index in [4.69, 9.17) is 10.8 Å². The molecule has 3 aromatic rings. The van der Waals surface area contributed by atoms with Gasteiger partial charge in [-0.15, -0.1) is 6.42 Å². The predicted octanol–water partition coefficient (Wildman–Crippen LogP) is 3.77. The quantitative estimate of drug-likeness (QED) is 0.715. The van der Waals surface area contributed by atoms with Crippen molar-refractivity contribution in [2.75, 3.05) is 10.6 Å². The monoisotopic (exact) mass is 330 g/mol. The van der Waals surface area contributed by atoms with E-state index in [1.807, 2.05) is 0 Å². The SMILES string of the molecule is C#Cc1cccc(NC(=O)c2ccc(NC(=O)c3ccco3)cc2)c1. The lowest BCUT2D eigenvalue weighted by Crippen LogP contribution is -2.13. The Morgan fingerprint density at radius 2 is 1.64 bits per heavy atom. The van der Waals surface area contributed by atoms with Gasteiger partial charge in [-0.25, -0.2) is 0 Å². The molecular weight excluding hydrogens is 316 g/mol. The largest absolute Gasteiger partial charge is 0.459 e. The average molecular weight is 330 g/mol. The van der Waals surface area contributed by atoms with Gasteiger partial charge in [0.1, 0.15) is 0 Å². The number of amides is 2. The van der Waals surface area contributed by atoms with Crippen LogP contribution >= 0.6 is 0 Å². The van der Waals surface area contributed by atoms with Crippen LogP contribution in [0.1, 0.15) is 26.5 Å². The highest BCUT2D eigenvalue weighted by atomic mass is 16.3. The fourth-order valence-electron chi connectivity index (χ4n) is 2.20. The molecule has 0 atom stereocenters. The molecule has 0 aliphatic carbocycles. The highest BCUT2D eigenvalue weighted by Gasteiger charge is 2.10. The minimum absolute atomic E-state index is 0.218. The molecule has 0 unspecified atom stereocenters. The first-order valence-corrected chi connectivity index (χ1v) is 7.48. The van der Waals surface area contributed by atoms with Crippen LogP contribution in [0, 0.1) is 12.3 Å². The summed E-state index contributed by atoms with van der Waals surface area (Å²) in [6.07, 6.45) is 6.78. The molecular formula is C20H14N2O3. The van der Waals surface area contributed by atoms with Gasteiger partial charge in [0.15, 0.2) is 5.76 Å². The van der Waals surface area contributed by atoms with E-state index in [2.05, 4.69) is 16.6 Å². The van der Waals surface area contributed by atoms with E-state index in [9.17, 15) is 9.59 Å². The second-order valence-corrected chi connectivity index (χ2v) is 5.19. The average Bonchev–Trinajstić information content (AvgIpc) is 3.17. The summed E-state index contributed by atoms with van der Waals surface area (Å²) in [5.41, 5.74) is 2.33. The fourth-order valence-corrected chi connectivity index (χ4v) is 2.20. The van der Waals surface area contributed by atoms with E-state index >= 15 is 0 Å². The maximum Gasteiger partial charge on any atom is 0.291 e. The predicted molar refractivity (Wildman–Crippen MR) is 95.4 cm³/mol. The number of carbonyl (C=O) groups is 2. The molecule has 0 fully saturated rings. The maximum absolute atomic E-state index is 12.3. The summed E-state index contributed by atoms with van der Waals surface area (Å²) >= 11 is 0. The Morgan fingerprint density at radius 3 is 2.32 bits per heavy atom. The molecule has 122 valence electrons. The number of hydrogen-bond donors (Lipinski definition) is 2. The summed E-state index contributed by atoms with van der Waals surface area (Å²) in [4.78, 5) is 24.2. The molecule has 0 saturated carbocycles. The van der Waals surface area contributed by atoms with E-state index in [1.165, 1.54) is 6.26 Å². The summed E-state index contributed by atoms with van der Waals surface area (Å²) in [5.74, 6) is 2.12. The zero-order chi connectivity index (χ0) is 17.6. The number of hydrogen-bond acceptors (Lipinski definition) is 3. The molecule has 1 heterocycles. The van der Waals surface area contributed by atoms with Crippen LogP contribution in [0.15, 0.2) is 71.3 Å². The zero-order valence-electron chi connectivity index (χ0n) is 13.2. The molecule has 0 aliphatic rings. The van der Waals surface area contributed by atoms with Crippen LogP contribution in [0.4, 0.5) is 11.4 Å². The van der Waals surface area contributed by atoms with Gasteiger partial charge in [-0.3, -0.25) is 9.59 Å². The van der Waals surface area contributed by atoms with Crippen LogP contribution in [-0.2, 0) is 0 Å². The van der Waals surface area contributed by atoms with Crippen molar-refractivity contribution in [1.29, 1.82) is 0 Å². The Hall–Kier alpha value is -3.78. The Kier molecular flexibility index (Phi) is 4.63. The van der Waals surface area contributed by atoms with Crippen molar-refractivity contribution >= 4 is 23.2 Å². The van der Waals surface area contributed by atoms with Crippen LogP contribution in [-0.4, -0.2) is 11.8 Å². The van der Waals surface area contributed by atoms with E-state index in [0.717, 1.165) is 0 Å². The number of anilines is 2. The van der Waals surface area contributed by atoms with E-state index in [-0.39, 0.29) is 17.6 Å². The first-order chi connectivity index (χ1) is 12.2. The minimum atomic E-state index is -0.353. The van der Waals surface area contributed by atoms with Crippen LogP contribution < -0.4 is 10.6 Å². The van der Waals surface area contributed by atoms with Gasteiger partial charge in [-0.2, -0.15) is 0 Å². The summed E-state index contributed by atoms with van der Waals surface area (Å²) < 4.78 is 5.02. The molecule has 0 bridgehead atoms. The van der Waals surface area contributed by atoms with Crippen LogP contribution in [0.5, 0.6) is 0 Å². The van der Waals surface area contributed by atoms with Gasteiger partial charge in [0.25, 0.3) is 11.8 Å². The molecule has 0 aliphatic heterocycles. The van der Waals surface area contributed by atoms with Crippen molar-refractivity contribution in [3.05, 3.63) is 83.8 Å². The lowest BCUT2D eigenvalue weighted by Gasteiger charge is -2.07. The molecule has 25 heavy (non-hydrogen) atoms. The number of nitrogens with one attached hydrogen (secondary N) is 2. The first-order valence-electron chi connectivity index (χ1n) is 7.48. The maximum atomic E-state index is 12.3. The molecule has 2 N–H and O–H groups in total. The highest BCUT2D eigenvalue weighted by Crippen LogP contribution is 2.15. The molecule has 2 aromatic carbocycles. The van der Waals surface area contributed by atoms with E-state index < -0.39 is 0 Å². The van der Waals surface area contributed by atoms with Crippen molar-refractivity contribution < 1.29 is 14.0 Å². The second kappa shape index (κ2) is 7.20. The standard InChI is InChI=1S/C20H14N2O3/c1-2-14-5-3-6-17(13-14)22-19(23)15-8-10-16(11-9-15)21-20(24)18-7-4-12-25-18/h1,3-13H,(H,21,24)(H,22,23). The smallest absolute Gasteiger partial charge is 0.291 e. The Bertz CT molecular complexity index is 936. The van der Waals surface area contributed by atoms with E-state index in [1.54, 1.807) is 60.7 Å². The zero-order valence-corrected chi connectivity index (χ0v) is 13.2. The number of benzene rings is 2. The number of furan rings is 1. The van der Waals surface area contributed by atoms with Crippen molar-refractivity contribution in [2.45, 2.75) is 0 Å². The topological polar surface area (TPSA) is 71.3 Å². The van der Waals surface area contributed by atoms with Crippen molar-refractivity contribution in [1.82, 2.24) is 0 Å². The number of rotatable bonds is 4. The second-order valence-electron chi connectivity index (χ2n) is 5.19. The van der Waals surface area contributed by atoms with Gasteiger partial charge in [0.05, 0.1) is 6.26 Å². The molecule has 5 heteroatoms. The van der Waals surface area contributed by atoms with Crippen LogP contribution in [0.2, 0.25) is 0 Å². The van der Waals surface area contributed by atoms with Crippen molar-refractivity contribution in [3.8, 4) is 12.3 Å². The third-order valence-corrected chi connectivity index (χ3v) is 3.44. The molecule has 1 aromatic heterocycles. The lowest BCUT2D eigenvalue weighted by atomic mass is 10.1. The van der Waals surface area contributed by atoms with Gasteiger partial charge in [-0.1, -0.05) is 12.0 Å². The summed E-state index contributed by atoms with van der Waals surface area (Å²) in [6.45, 7) is 0. The molecule has 0 radical (unpaired) electrons.